The van der Waals surface area contributed by atoms with Gasteiger partial charge >= 0.3 is 5.97 Å². The van der Waals surface area contributed by atoms with Gasteiger partial charge in [0.15, 0.2) is 0 Å². The number of carbonyl (C=O) groups excluding carboxylic acids is 1. The molecule has 1 aromatic heterocycles. The van der Waals surface area contributed by atoms with E-state index >= 15 is 0 Å². The first kappa shape index (κ1) is 16.5. The lowest BCUT2D eigenvalue weighted by molar-refractivity contribution is -0.140. The van der Waals surface area contributed by atoms with Gasteiger partial charge in [-0.05, 0) is 24.6 Å². The van der Waals surface area contributed by atoms with Gasteiger partial charge in [0, 0.05) is 17.8 Å². The van der Waals surface area contributed by atoms with Crippen molar-refractivity contribution in [1.29, 1.82) is 0 Å². The Kier molecular flexibility index (Phi) is 4.82. The molecule has 0 spiro atoms. The summed E-state index contributed by atoms with van der Waals surface area (Å²) in [7, 11) is 1.55. The minimum atomic E-state index is -0.461. The van der Waals surface area contributed by atoms with E-state index in [1.54, 1.807) is 23.9 Å². The number of nitrogens with zero attached hydrogens (tertiary/aromatic N) is 3. The Balaban J connectivity index is 2.02. The van der Waals surface area contributed by atoms with Crippen LogP contribution in [-0.2, 0) is 14.3 Å². The minimum Gasteiger partial charge on any atom is -0.460 e. The maximum atomic E-state index is 12.6. The van der Waals surface area contributed by atoms with Crippen LogP contribution in [0.3, 0.4) is 0 Å². The van der Waals surface area contributed by atoms with Crippen molar-refractivity contribution in [3.05, 3.63) is 52.4 Å². The second-order valence-corrected chi connectivity index (χ2v) is 5.71. The Morgan fingerprint density at radius 1 is 1.42 bits per heavy atom. The molecule has 1 aliphatic rings. The highest BCUT2D eigenvalue weighted by Gasteiger charge is 2.34. The van der Waals surface area contributed by atoms with Crippen molar-refractivity contribution in [2.24, 2.45) is 0 Å². The van der Waals surface area contributed by atoms with E-state index in [-0.39, 0.29) is 6.61 Å². The van der Waals surface area contributed by atoms with Gasteiger partial charge in [0.2, 0.25) is 5.95 Å². The van der Waals surface area contributed by atoms with Gasteiger partial charge in [-0.1, -0.05) is 23.7 Å². The van der Waals surface area contributed by atoms with Crippen LogP contribution in [0, 0.1) is 0 Å². The summed E-state index contributed by atoms with van der Waals surface area (Å²) in [4.78, 5) is 16.8. The lowest BCUT2D eigenvalue weighted by Gasteiger charge is -2.28. The molecule has 7 nitrogen and oxygen atoms in total. The SMILES string of the molecule is COCCOC(=O)C1=C(C)Nc2ncnn2[C@H]1c1cccc(Cl)c1. The molecule has 1 aromatic carbocycles. The first-order chi connectivity index (χ1) is 11.6. The van der Waals surface area contributed by atoms with Crippen molar-refractivity contribution in [2.45, 2.75) is 13.0 Å². The quantitative estimate of drug-likeness (QED) is 0.660. The maximum Gasteiger partial charge on any atom is 0.338 e. The third-order valence-electron chi connectivity index (χ3n) is 3.70. The fraction of sp³-hybridized carbons (Fsp3) is 0.312. The molecule has 0 aliphatic carbocycles. The van der Waals surface area contributed by atoms with Crippen LogP contribution in [0.25, 0.3) is 0 Å². The van der Waals surface area contributed by atoms with Gasteiger partial charge in [-0.15, -0.1) is 0 Å². The summed E-state index contributed by atoms with van der Waals surface area (Å²) < 4.78 is 11.9. The van der Waals surface area contributed by atoms with E-state index < -0.39 is 12.0 Å². The summed E-state index contributed by atoms with van der Waals surface area (Å²) in [6, 6.07) is 6.85. The molecule has 3 rings (SSSR count). The predicted octanol–water partition coefficient (Wildman–Crippen LogP) is 2.41. The largest absolute Gasteiger partial charge is 0.460 e. The number of nitrogens with one attached hydrogen (secondary N) is 1. The molecule has 24 heavy (non-hydrogen) atoms. The molecule has 0 saturated heterocycles. The van der Waals surface area contributed by atoms with Gasteiger partial charge in [-0.2, -0.15) is 10.1 Å². The number of esters is 1. The highest BCUT2D eigenvalue weighted by Crippen LogP contribution is 2.35. The number of halogens is 1. The Hall–Kier alpha value is -2.38. The van der Waals surface area contributed by atoms with E-state index in [9.17, 15) is 4.79 Å². The van der Waals surface area contributed by atoms with Crippen LogP contribution in [0.5, 0.6) is 0 Å². The van der Waals surface area contributed by atoms with Gasteiger partial charge in [0.05, 0.1) is 12.2 Å². The average molecular weight is 349 g/mol. The van der Waals surface area contributed by atoms with Crippen LogP contribution in [-0.4, -0.2) is 41.1 Å². The Morgan fingerprint density at radius 2 is 2.25 bits per heavy atom. The molecule has 0 radical (unpaired) electrons. The number of carbonyl (C=O) groups is 1. The third kappa shape index (κ3) is 3.13. The zero-order valence-electron chi connectivity index (χ0n) is 13.3. The number of aromatic nitrogens is 3. The minimum absolute atomic E-state index is 0.179. The summed E-state index contributed by atoms with van der Waals surface area (Å²) in [6.45, 7) is 2.32. The maximum absolute atomic E-state index is 12.6. The Morgan fingerprint density at radius 3 is 3.00 bits per heavy atom. The third-order valence-corrected chi connectivity index (χ3v) is 3.93. The standard InChI is InChI=1S/C16H17ClN4O3/c1-10-13(15(22)24-7-6-23-2)14(11-4-3-5-12(17)8-11)21-16(20-10)18-9-19-21/h3-5,8-9,14H,6-7H2,1-2H3,(H,18,19,20)/t14-/m0/s1. The normalized spacial score (nSPS) is 16.5. The molecular weight excluding hydrogens is 332 g/mol. The number of ether oxygens (including phenoxy) is 2. The summed E-state index contributed by atoms with van der Waals surface area (Å²) in [5.41, 5.74) is 1.96. The fourth-order valence-corrected chi connectivity index (χ4v) is 2.83. The van der Waals surface area contributed by atoms with Gasteiger partial charge in [-0.25, -0.2) is 9.48 Å². The lowest BCUT2D eigenvalue weighted by atomic mass is 9.96. The van der Waals surface area contributed by atoms with Crippen molar-refractivity contribution < 1.29 is 14.3 Å². The van der Waals surface area contributed by atoms with Crippen LogP contribution >= 0.6 is 11.6 Å². The van der Waals surface area contributed by atoms with Crippen LogP contribution in [0.15, 0.2) is 41.9 Å². The highest BCUT2D eigenvalue weighted by molar-refractivity contribution is 6.30. The molecule has 2 aromatic rings. The molecule has 1 aliphatic heterocycles. The predicted molar refractivity (Wildman–Crippen MR) is 88.8 cm³/mol. The van der Waals surface area contributed by atoms with Crippen molar-refractivity contribution >= 4 is 23.5 Å². The van der Waals surface area contributed by atoms with Gasteiger partial charge in [0.25, 0.3) is 0 Å². The first-order valence-electron chi connectivity index (χ1n) is 7.40. The second kappa shape index (κ2) is 7.02. The molecule has 2 heterocycles. The van der Waals surface area contributed by atoms with E-state index in [0.717, 1.165) is 5.56 Å². The molecule has 8 heteroatoms. The topological polar surface area (TPSA) is 78.3 Å². The molecule has 0 unspecified atom stereocenters. The molecule has 126 valence electrons. The van der Waals surface area contributed by atoms with Gasteiger partial charge in [0.1, 0.15) is 19.0 Å². The fourth-order valence-electron chi connectivity index (χ4n) is 2.64. The van der Waals surface area contributed by atoms with E-state index in [0.29, 0.717) is 28.8 Å². The Bertz CT molecular complexity index is 787. The number of methoxy groups -OCH3 is 1. The van der Waals surface area contributed by atoms with E-state index in [1.165, 1.54) is 6.33 Å². The molecule has 1 N–H and O–H groups in total. The van der Waals surface area contributed by atoms with Crippen LogP contribution in [0.2, 0.25) is 5.02 Å². The molecule has 1 atom stereocenters. The highest BCUT2D eigenvalue weighted by atomic mass is 35.5. The zero-order valence-corrected chi connectivity index (χ0v) is 14.1. The molecule has 0 saturated carbocycles. The number of allylic oxidation sites excluding steroid dienone is 1. The van der Waals surface area contributed by atoms with E-state index in [2.05, 4.69) is 15.4 Å². The van der Waals surface area contributed by atoms with Gasteiger partial charge in [-0.3, -0.25) is 0 Å². The summed E-state index contributed by atoms with van der Waals surface area (Å²) in [5.74, 6) is 0.133. The molecule has 0 fully saturated rings. The molecule has 0 bridgehead atoms. The smallest absolute Gasteiger partial charge is 0.338 e. The number of benzene rings is 1. The number of hydrogen-bond acceptors (Lipinski definition) is 6. The van der Waals surface area contributed by atoms with Crippen molar-refractivity contribution in [3.63, 3.8) is 0 Å². The summed E-state index contributed by atoms with van der Waals surface area (Å²) in [5, 5.41) is 7.90. The number of hydrogen-bond donors (Lipinski definition) is 1. The van der Waals surface area contributed by atoms with Crippen molar-refractivity contribution in [3.8, 4) is 0 Å². The number of rotatable bonds is 5. The number of anilines is 1. The van der Waals surface area contributed by atoms with E-state index in [4.69, 9.17) is 21.1 Å². The van der Waals surface area contributed by atoms with Crippen molar-refractivity contribution in [2.75, 3.05) is 25.6 Å². The van der Waals surface area contributed by atoms with Crippen molar-refractivity contribution in [1.82, 2.24) is 14.8 Å². The summed E-state index contributed by atoms with van der Waals surface area (Å²) in [6.07, 6.45) is 1.44. The second-order valence-electron chi connectivity index (χ2n) is 5.28. The number of fused-ring (bicyclic) bond motifs is 1. The first-order valence-corrected chi connectivity index (χ1v) is 7.78. The molecule has 0 amide bonds. The zero-order chi connectivity index (χ0) is 17.1. The monoisotopic (exact) mass is 348 g/mol. The van der Waals surface area contributed by atoms with E-state index in [1.807, 2.05) is 19.1 Å². The van der Waals surface area contributed by atoms with Crippen LogP contribution < -0.4 is 5.32 Å². The average Bonchev–Trinajstić information content (AvgIpc) is 3.01. The lowest BCUT2D eigenvalue weighted by Crippen LogP contribution is -2.30. The molecular formula is C16H17ClN4O3. The van der Waals surface area contributed by atoms with Gasteiger partial charge < -0.3 is 14.8 Å². The van der Waals surface area contributed by atoms with Crippen LogP contribution in [0.1, 0.15) is 18.5 Å². The van der Waals surface area contributed by atoms with Crippen LogP contribution in [0.4, 0.5) is 5.95 Å². The Labute approximate surface area is 144 Å². The summed E-state index contributed by atoms with van der Waals surface area (Å²) >= 11 is 6.12.